The summed E-state index contributed by atoms with van der Waals surface area (Å²) in [7, 11) is 0. The van der Waals surface area contributed by atoms with Gasteiger partial charge in [-0.05, 0) is 79.8 Å². The van der Waals surface area contributed by atoms with E-state index in [1.165, 1.54) is 4.57 Å². The van der Waals surface area contributed by atoms with Gasteiger partial charge < -0.3 is 4.57 Å². The largest absolute Gasteiger partial charge is 0.308 e. The monoisotopic (exact) mass is 866 g/mol. The lowest BCUT2D eigenvalue weighted by Gasteiger charge is -2.18. The van der Waals surface area contributed by atoms with Gasteiger partial charge in [0.15, 0.2) is 17.5 Å². The van der Waals surface area contributed by atoms with Gasteiger partial charge in [0.1, 0.15) is 0 Å². The molecule has 0 aliphatic carbocycles. The molecule has 10 aromatic carbocycles. The number of fused-ring (bicyclic) bond motifs is 3. The lowest BCUT2D eigenvalue weighted by Crippen LogP contribution is -2.05. The molecule has 12 rings (SSSR count). The number of rotatable bonds is 9. The Labute approximate surface area is 406 Å². The molecule has 0 atom stereocenters. The van der Waals surface area contributed by atoms with Gasteiger partial charge in [0, 0.05) is 21.9 Å². The minimum absolute atomic E-state index is 0.137. The van der Waals surface area contributed by atoms with Crippen LogP contribution in [0.15, 0.2) is 255 Å². The highest BCUT2D eigenvalue weighted by Crippen LogP contribution is 2.42. The van der Waals surface area contributed by atoms with Crippen molar-refractivity contribution in [1.29, 1.82) is 0 Å². The predicted molar refractivity (Wildman–Crippen MR) is 278 cm³/mol. The van der Waals surface area contributed by atoms with E-state index in [4.69, 9.17) is 24.5 Å². The maximum absolute atomic E-state index is 9.87. The van der Waals surface area contributed by atoms with Gasteiger partial charge in [0.2, 0.25) is 0 Å². The fourth-order valence-electron chi connectivity index (χ4n) is 8.56. The third-order valence-electron chi connectivity index (χ3n) is 11.9. The molecule has 0 N–H and O–H groups in total. The van der Waals surface area contributed by atoms with E-state index in [1.807, 2.05) is 133 Å². The van der Waals surface area contributed by atoms with Crippen LogP contribution in [0.25, 0.3) is 117 Å². The van der Waals surface area contributed by atoms with Crippen molar-refractivity contribution >= 4 is 21.8 Å². The Morgan fingerprint density at radius 2 is 0.746 bits per heavy atom. The number of hydrogen-bond donors (Lipinski definition) is 0. The summed E-state index contributed by atoms with van der Waals surface area (Å²) in [6.45, 7) is 0. The van der Waals surface area contributed by atoms with Crippen molar-refractivity contribution in [2.75, 3.05) is 0 Å². The lowest BCUT2D eigenvalue weighted by atomic mass is 9.94. The molecule has 0 fully saturated rings. The molecule has 0 aliphatic rings. The molecule has 0 unspecified atom stereocenters. The molecule has 2 heterocycles. The summed E-state index contributed by atoms with van der Waals surface area (Å²) in [5, 5.41) is -0.365. The summed E-state index contributed by atoms with van der Waals surface area (Å²) < 4.78 is 111. The predicted octanol–water partition coefficient (Wildman–Crippen LogP) is 16.3. The van der Waals surface area contributed by atoms with Gasteiger partial charge in [-0.2, -0.15) is 0 Å². The van der Waals surface area contributed by atoms with E-state index in [-0.39, 0.29) is 33.3 Å². The highest BCUT2D eigenvalue weighted by Gasteiger charge is 2.23. The van der Waals surface area contributed by atoms with Crippen molar-refractivity contribution in [1.82, 2.24) is 19.5 Å². The van der Waals surface area contributed by atoms with Crippen molar-refractivity contribution in [2.45, 2.75) is 0 Å². The number of aromatic nitrogens is 4. The Bertz CT molecular complexity index is 4370. The molecular weight excluding hydrogens is 813 g/mol. The quantitative estimate of drug-likeness (QED) is 0.145. The van der Waals surface area contributed by atoms with Crippen LogP contribution >= 0.6 is 0 Å². The van der Waals surface area contributed by atoms with Crippen molar-refractivity contribution in [3.8, 4) is 95.5 Å². The molecule has 2 aromatic heterocycles. The van der Waals surface area contributed by atoms with Crippen molar-refractivity contribution in [3.63, 3.8) is 0 Å². The van der Waals surface area contributed by atoms with Gasteiger partial charge >= 0.3 is 0 Å². The molecule has 0 bridgehead atoms. The van der Waals surface area contributed by atoms with Crippen LogP contribution in [0.1, 0.15) is 16.4 Å². The van der Waals surface area contributed by atoms with Crippen LogP contribution in [0.3, 0.4) is 0 Å². The average Bonchev–Trinajstić information content (AvgIpc) is 4.11. The maximum atomic E-state index is 9.87. The Morgan fingerprint density at radius 1 is 0.299 bits per heavy atom. The smallest absolute Gasteiger partial charge is 0.166 e. The SMILES string of the molecule is [2H]c1c([2H])c([2H])c(-c2c([2H])c([2H])c3c(c2[2H])c2c([2H])c([2H])c([2H])c([2H])c2n3-c2cccc(-c3ccc(-c4ccc(-c5ccccc5)cc4)cc3)c2-c2nc(-c3ccccc3)nc(-c3ccc(-c4ccccc4)cc3)n2)c([2H])c1[2H]. The fraction of sp³-hybridized carbons (Fsp3) is 0. The van der Waals surface area contributed by atoms with Gasteiger partial charge in [-0.15, -0.1) is 0 Å². The molecule has 314 valence electrons. The van der Waals surface area contributed by atoms with E-state index in [9.17, 15) is 6.85 Å². The van der Waals surface area contributed by atoms with E-state index in [0.29, 0.717) is 39.5 Å². The summed E-state index contributed by atoms with van der Waals surface area (Å²) >= 11 is 0. The summed E-state index contributed by atoms with van der Waals surface area (Å²) in [6.07, 6.45) is 0. The Hall–Kier alpha value is -8.99. The Balaban J connectivity index is 1.16. The molecule has 0 saturated heterocycles. The topological polar surface area (TPSA) is 43.6 Å². The van der Waals surface area contributed by atoms with Gasteiger partial charge in [0.05, 0.1) is 38.7 Å². The van der Waals surface area contributed by atoms with Gasteiger partial charge in [0.25, 0.3) is 0 Å². The zero-order chi connectivity index (χ0) is 55.0. The van der Waals surface area contributed by atoms with E-state index in [0.717, 1.165) is 33.4 Å². The lowest BCUT2D eigenvalue weighted by molar-refractivity contribution is 1.06. The second-order valence-electron chi connectivity index (χ2n) is 15.9. The summed E-state index contributed by atoms with van der Waals surface area (Å²) in [5.41, 5.74) is 8.05. The number of para-hydroxylation sites is 1. The first kappa shape index (κ1) is 28.7. The Morgan fingerprint density at radius 3 is 1.33 bits per heavy atom. The fourth-order valence-corrected chi connectivity index (χ4v) is 8.56. The first-order valence-electron chi connectivity index (χ1n) is 27.7. The van der Waals surface area contributed by atoms with Crippen molar-refractivity contribution in [2.24, 2.45) is 0 Å². The zero-order valence-corrected chi connectivity index (χ0v) is 35.6. The first-order chi connectivity index (χ1) is 38.2. The zero-order valence-electron chi connectivity index (χ0n) is 47.6. The third kappa shape index (κ3) is 7.57. The minimum Gasteiger partial charge on any atom is -0.308 e. The van der Waals surface area contributed by atoms with Crippen LogP contribution < -0.4 is 0 Å². The standard InChI is InChI=1S/C63H42N4/c1-5-16-43(17-6-1)46-28-30-48(31-29-46)49-32-36-50(37-33-49)54-25-15-27-59(67-57-26-14-13-24-55(57)56-42-53(40-41-58(56)67)45-20-9-3-10-21-45)60(54)63-65-61(51-22-11-4-12-23-51)64-62(66-63)52-38-34-47(35-39-52)44-18-7-2-8-19-44/h1-42H/i3D,9D,10D,13D,14D,20D,21D,24D,26D,40D,41D,42D. The second kappa shape index (κ2) is 17.2. The van der Waals surface area contributed by atoms with Gasteiger partial charge in [-0.25, -0.2) is 15.0 Å². The summed E-state index contributed by atoms with van der Waals surface area (Å²) in [5.74, 6) is 0.782. The highest BCUT2D eigenvalue weighted by atomic mass is 15.1. The summed E-state index contributed by atoms with van der Waals surface area (Å²) in [6, 6.07) is 51.3. The molecule has 0 amide bonds. The summed E-state index contributed by atoms with van der Waals surface area (Å²) in [4.78, 5) is 15.5. The molecular formula is C63H42N4. The molecule has 4 nitrogen and oxygen atoms in total. The highest BCUT2D eigenvalue weighted by molar-refractivity contribution is 6.11. The normalized spacial score (nSPS) is 13.8. The van der Waals surface area contributed by atoms with Gasteiger partial charge in [-0.3, -0.25) is 0 Å². The van der Waals surface area contributed by atoms with E-state index in [1.54, 1.807) is 12.1 Å². The van der Waals surface area contributed by atoms with Crippen LogP contribution in [0.5, 0.6) is 0 Å². The van der Waals surface area contributed by atoms with Crippen LogP contribution in [0.4, 0.5) is 0 Å². The van der Waals surface area contributed by atoms with Gasteiger partial charge in [-0.1, -0.05) is 230 Å². The molecule has 0 saturated carbocycles. The van der Waals surface area contributed by atoms with Crippen molar-refractivity contribution < 1.29 is 16.4 Å². The molecule has 0 aliphatic heterocycles. The Kier molecular flexibility index (Phi) is 7.37. The molecule has 0 radical (unpaired) electrons. The molecule has 12 aromatic rings. The third-order valence-corrected chi connectivity index (χ3v) is 11.9. The number of nitrogens with zero attached hydrogens (tertiary/aromatic N) is 4. The second-order valence-corrected chi connectivity index (χ2v) is 15.9. The molecule has 0 spiro atoms. The van der Waals surface area contributed by atoms with Crippen LogP contribution in [0, 0.1) is 0 Å². The van der Waals surface area contributed by atoms with E-state index < -0.39 is 83.6 Å². The van der Waals surface area contributed by atoms with E-state index >= 15 is 0 Å². The van der Waals surface area contributed by atoms with Crippen LogP contribution in [-0.2, 0) is 0 Å². The van der Waals surface area contributed by atoms with Crippen molar-refractivity contribution in [3.05, 3.63) is 255 Å². The number of benzene rings is 10. The van der Waals surface area contributed by atoms with Crippen LogP contribution in [0.2, 0.25) is 0 Å². The first-order valence-corrected chi connectivity index (χ1v) is 21.7. The molecule has 67 heavy (non-hydrogen) atoms. The minimum atomic E-state index is -0.708. The molecule has 4 heteroatoms. The average molecular weight is 867 g/mol. The van der Waals surface area contributed by atoms with E-state index in [2.05, 4.69) is 36.4 Å². The van der Waals surface area contributed by atoms with Crippen LogP contribution in [-0.4, -0.2) is 19.5 Å². The maximum Gasteiger partial charge on any atom is 0.166 e. The number of hydrogen-bond acceptors (Lipinski definition) is 3.